The lowest BCUT2D eigenvalue weighted by Crippen LogP contribution is -2.46. The topological polar surface area (TPSA) is 44.3 Å². The summed E-state index contributed by atoms with van der Waals surface area (Å²) in [5.74, 6) is 1.82. The minimum absolute atomic E-state index is 0.591. The van der Waals surface area contributed by atoms with Crippen molar-refractivity contribution in [1.82, 2.24) is 14.9 Å². The average molecular weight is 309 g/mol. The number of hydrogen-bond donors (Lipinski definition) is 1. The lowest BCUT2D eigenvalue weighted by molar-refractivity contribution is 0.249. The fraction of sp³-hybridized carbons (Fsp3) is 0.444. The molecule has 4 rings (SSSR count). The second-order valence-electron chi connectivity index (χ2n) is 6.41. The van der Waals surface area contributed by atoms with Crippen LogP contribution in [0.2, 0.25) is 0 Å². The first-order valence-electron chi connectivity index (χ1n) is 8.48. The van der Waals surface area contributed by atoms with Crippen molar-refractivity contribution in [3.8, 4) is 0 Å². The number of aromatic nitrogens is 2. The molecule has 0 bridgehead atoms. The molecular formula is C18H23N5. The van der Waals surface area contributed by atoms with Gasteiger partial charge < -0.3 is 10.2 Å². The summed E-state index contributed by atoms with van der Waals surface area (Å²) in [7, 11) is 0. The van der Waals surface area contributed by atoms with Crippen molar-refractivity contribution in [2.45, 2.75) is 25.4 Å². The lowest BCUT2D eigenvalue weighted by atomic mass is 10.2. The highest BCUT2D eigenvalue weighted by atomic mass is 15.3. The third-order valence-electron chi connectivity index (χ3n) is 4.50. The standard InChI is InChI=1S/C18H23N5/c1-2-4-15(5-3-1)14-22-10-12-23(13-11-22)17-8-9-19-18(21-17)20-16-6-7-16/h1-5,8-9,16H,6-7,10-14H2,(H,19,20,21). The molecule has 1 aromatic carbocycles. The molecule has 2 aliphatic rings. The second kappa shape index (κ2) is 6.54. The van der Waals surface area contributed by atoms with Gasteiger partial charge in [-0.1, -0.05) is 30.3 Å². The minimum atomic E-state index is 0.591. The first-order valence-corrected chi connectivity index (χ1v) is 8.48. The van der Waals surface area contributed by atoms with E-state index in [1.165, 1.54) is 18.4 Å². The van der Waals surface area contributed by atoms with Crippen LogP contribution in [0.25, 0.3) is 0 Å². The first kappa shape index (κ1) is 14.5. The van der Waals surface area contributed by atoms with Crippen molar-refractivity contribution in [1.29, 1.82) is 0 Å². The molecular weight excluding hydrogens is 286 g/mol. The number of rotatable bonds is 5. The normalized spacial score (nSPS) is 18.9. The zero-order valence-electron chi connectivity index (χ0n) is 13.4. The van der Waals surface area contributed by atoms with Gasteiger partial charge in [0.05, 0.1) is 0 Å². The molecule has 120 valence electrons. The van der Waals surface area contributed by atoms with E-state index in [-0.39, 0.29) is 0 Å². The highest BCUT2D eigenvalue weighted by molar-refractivity contribution is 5.43. The van der Waals surface area contributed by atoms with Gasteiger partial charge in [0.1, 0.15) is 5.82 Å². The van der Waals surface area contributed by atoms with E-state index in [0.717, 1.165) is 44.5 Å². The van der Waals surface area contributed by atoms with Gasteiger partial charge in [0.2, 0.25) is 5.95 Å². The zero-order chi connectivity index (χ0) is 15.5. The van der Waals surface area contributed by atoms with Crippen molar-refractivity contribution in [2.24, 2.45) is 0 Å². The Labute approximate surface area is 137 Å². The van der Waals surface area contributed by atoms with Gasteiger partial charge in [-0.25, -0.2) is 4.98 Å². The highest BCUT2D eigenvalue weighted by Gasteiger charge is 2.23. The Morgan fingerprint density at radius 3 is 2.52 bits per heavy atom. The van der Waals surface area contributed by atoms with Gasteiger partial charge in [0.25, 0.3) is 0 Å². The van der Waals surface area contributed by atoms with Gasteiger partial charge in [0, 0.05) is 45.0 Å². The number of piperazine rings is 1. The molecule has 5 heteroatoms. The summed E-state index contributed by atoms with van der Waals surface area (Å²) in [5, 5.41) is 3.38. The number of hydrogen-bond acceptors (Lipinski definition) is 5. The van der Waals surface area contributed by atoms with Gasteiger partial charge in [-0.15, -0.1) is 0 Å². The van der Waals surface area contributed by atoms with Crippen molar-refractivity contribution in [3.05, 3.63) is 48.2 Å². The number of nitrogens with zero attached hydrogens (tertiary/aromatic N) is 4. The van der Waals surface area contributed by atoms with Crippen LogP contribution < -0.4 is 10.2 Å². The van der Waals surface area contributed by atoms with E-state index in [2.05, 4.69) is 55.4 Å². The molecule has 0 amide bonds. The molecule has 5 nitrogen and oxygen atoms in total. The molecule has 1 aliphatic heterocycles. The minimum Gasteiger partial charge on any atom is -0.354 e. The number of benzene rings is 1. The molecule has 2 fully saturated rings. The predicted octanol–water partition coefficient (Wildman–Crippen LogP) is 2.37. The van der Waals surface area contributed by atoms with Gasteiger partial charge in [-0.05, 0) is 24.5 Å². The average Bonchev–Trinajstić information content (AvgIpc) is 3.41. The molecule has 0 radical (unpaired) electrons. The molecule has 1 saturated heterocycles. The fourth-order valence-corrected chi connectivity index (χ4v) is 2.98. The summed E-state index contributed by atoms with van der Waals surface area (Å²) < 4.78 is 0. The summed E-state index contributed by atoms with van der Waals surface area (Å²) in [6.07, 6.45) is 4.35. The van der Waals surface area contributed by atoms with E-state index in [9.17, 15) is 0 Å². The van der Waals surface area contributed by atoms with Crippen LogP contribution in [-0.4, -0.2) is 47.1 Å². The molecule has 0 unspecified atom stereocenters. The summed E-state index contributed by atoms with van der Waals surface area (Å²) in [6, 6.07) is 13.3. The summed E-state index contributed by atoms with van der Waals surface area (Å²) in [5.41, 5.74) is 1.39. The van der Waals surface area contributed by atoms with Crippen LogP contribution in [-0.2, 0) is 6.54 Å². The Balaban J connectivity index is 1.34. The van der Waals surface area contributed by atoms with Gasteiger partial charge >= 0.3 is 0 Å². The fourth-order valence-electron chi connectivity index (χ4n) is 2.98. The molecule has 2 heterocycles. The number of nitrogens with one attached hydrogen (secondary N) is 1. The van der Waals surface area contributed by atoms with Crippen LogP contribution in [0, 0.1) is 0 Å². The van der Waals surface area contributed by atoms with E-state index in [1.807, 2.05) is 12.3 Å². The first-order chi connectivity index (χ1) is 11.4. The molecule has 0 atom stereocenters. The Kier molecular flexibility index (Phi) is 4.11. The second-order valence-corrected chi connectivity index (χ2v) is 6.41. The van der Waals surface area contributed by atoms with Crippen molar-refractivity contribution in [2.75, 3.05) is 36.4 Å². The van der Waals surface area contributed by atoms with Crippen molar-refractivity contribution in [3.63, 3.8) is 0 Å². The van der Waals surface area contributed by atoms with Gasteiger partial charge in [0.15, 0.2) is 0 Å². The van der Waals surface area contributed by atoms with Crippen LogP contribution in [0.4, 0.5) is 11.8 Å². The Morgan fingerprint density at radius 2 is 1.78 bits per heavy atom. The van der Waals surface area contributed by atoms with Crippen LogP contribution in [0.1, 0.15) is 18.4 Å². The van der Waals surface area contributed by atoms with Gasteiger partial charge in [-0.3, -0.25) is 4.90 Å². The summed E-state index contributed by atoms with van der Waals surface area (Å²) in [4.78, 5) is 13.9. The van der Waals surface area contributed by atoms with E-state index in [0.29, 0.717) is 6.04 Å². The summed E-state index contributed by atoms with van der Waals surface area (Å²) >= 11 is 0. The van der Waals surface area contributed by atoms with Crippen LogP contribution in [0.5, 0.6) is 0 Å². The Morgan fingerprint density at radius 1 is 1.00 bits per heavy atom. The van der Waals surface area contributed by atoms with Gasteiger partial charge in [-0.2, -0.15) is 4.98 Å². The smallest absolute Gasteiger partial charge is 0.224 e. The molecule has 1 saturated carbocycles. The predicted molar refractivity (Wildman–Crippen MR) is 92.6 cm³/mol. The van der Waals surface area contributed by atoms with Crippen LogP contribution in [0.3, 0.4) is 0 Å². The van der Waals surface area contributed by atoms with E-state index < -0.39 is 0 Å². The Bertz CT molecular complexity index is 633. The van der Waals surface area contributed by atoms with Crippen LogP contribution in [0.15, 0.2) is 42.6 Å². The maximum Gasteiger partial charge on any atom is 0.224 e. The molecule has 23 heavy (non-hydrogen) atoms. The molecule has 0 spiro atoms. The van der Waals surface area contributed by atoms with Crippen molar-refractivity contribution < 1.29 is 0 Å². The molecule has 1 aliphatic carbocycles. The third-order valence-corrected chi connectivity index (χ3v) is 4.50. The number of anilines is 2. The molecule has 1 N–H and O–H groups in total. The Hall–Kier alpha value is -2.14. The zero-order valence-corrected chi connectivity index (χ0v) is 13.4. The lowest BCUT2D eigenvalue weighted by Gasteiger charge is -2.35. The summed E-state index contributed by atoms with van der Waals surface area (Å²) in [6.45, 7) is 5.22. The van der Waals surface area contributed by atoms with E-state index >= 15 is 0 Å². The molecule has 2 aromatic rings. The van der Waals surface area contributed by atoms with E-state index in [1.54, 1.807) is 0 Å². The van der Waals surface area contributed by atoms with Crippen molar-refractivity contribution >= 4 is 11.8 Å². The third kappa shape index (κ3) is 3.79. The molecule has 1 aromatic heterocycles. The largest absolute Gasteiger partial charge is 0.354 e. The maximum absolute atomic E-state index is 4.67. The quantitative estimate of drug-likeness (QED) is 0.918. The highest BCUT2D eigenvalue weighted by Crippen LogP contribution is 2.24. The monoisotopic (exact) mass is 309 g/mol. The SMILES string of the molecule is c1ccc(CN2CCN(c3ccnc(NC4CC4)n3)CC2)cc1. The maximum atomic E-state index is 4.67. The van der Waals surface area contributed by atoms with E-state index in [4.69, 9.17) is 0 Å². The van der Waals surface area contributed by atoms with Crippen LogP contribution >= 0.6 is 0 Å².